The monoisotopic (exact) mass is 291 g/mol. The molecule has 0 aliphatic carbocycles. The zero-order valence-electron chi connectivity index (χ0n) is 13.5. The van der Waals surface area contributed by atoms with E-state index in [-0.39, 0.29) is 0 Å². The third kappa shape index (κ3) is 6.63. The summed E-state index contributed by atoms with van der Waals surface area (Å²) in [6.45, 7) is 6.65. The van der Waals surface area contributed by atoms with Crippen LogP contribution in [-0.4, -0.2) is 12.1 Å². The molecule has 2 amide bonds. The Balaban J connectivity index is 2.59. The number of hydrogen-bond acceptors (Lipinski definition) is 2. The minimum atomic E-state index is -0.531. The zero-order valence-corrected chi connectivity index (χ0v) is 13.5. The van der Waals surface area contributed by atoms with E-state index < -0.39 is 6.03 Å². The number of nitrogens with one attached hydrogen (secondary N) is 2. The molecule has 2 atom stereocenters. The maximum absolute atomic E-state index is 10.8. The third-order valence-corrected chi connectivity index (χ3v) is 3.71. The van der Waals surface area contributed by atoms with Crippen LogP contribution in [0, 0.1) is 0 Å². The minimum absolute atomic E-state index is 0.307. The Morgan fingerprint density at radius 2 is 1.81 bits per heavy atom. The molecule has 0 radical (unpaired) electrons. The topological polar surface area (TPSA) is 67.2 Å². The first-order valence-electron chi connectivity index (χ1n) is 7.99. The second kappa shape index (κ2) is 9.40. The molecule has 0 aliphatic rings. The van der Waals surface area contributed by atoms with Gasteiger partial charge in [-0.05, 0) is 37.5 Å². The molecule has 0 bridgehead atoms. The van der Waals surface area contributed by atoms with Crippen molar-refractivity contribution in [1.29, 1.82) is 0 Å². The van der Waals surface area contributed by atoms with Crippen LogP contribution in [0.3, 0.4) is 0 Å². The van der Waals surface area contributed by atoms with Crippen LogP contribution >= 0.6 is 0 Å². The molecule has 0 saturated heterocycles. The Morgan fingerprint density at radius 3 is 2.33 bits per heavy atom. The SMILES string of the molecule is CCCCC(CCC)NC(C)c1ccc(NC(N)=O)cc1. The van der Waals surface area contributed by atoms with Gasteiger partial charge in [0.1, 0.15) is 0 Å². The molecule has 0 heterocycles. The summed E-state index contributed by atoms with van der Waals surface area (Å²) in [6.07, 6.45) is 6.16. The van der Waals surface area contributed by atoms with E-state index in [4.69, 9.17) is 5.73 Å². The fraction of sp³-hybridized carbons (Fsp3) is 0.588. The Kier molecular flexibility index (Phi) is 7.83. The number of carbonyl (C=O) groups excluding carboxylic acids is 1. The maximum Gasteiger partial charge on any atom is 0.316 e. The molecule has 0 aromatic heterocycles. The number of rotatable bonds is 9. The first-order valence-corrected chi connectivity index (χ1v) is 7.99. The van der Waals surface area contributed by atoms with Crippen LogP contribution in [0.2, 0.25) is 0 Å². The van der Waals surface area contributed by atoms with E-state index >= 15 is 0 Å². The Bertz CT molecular complexity index is 417. The van der Waals surface area contributed by atoms with Crippen molar-refractivity contribution in [3.8, 4) is 0 Å². The lowest BCUT2D eigenvalue weighted by Crippen LogP contribution is -2.31. The van der Waals surface area contributed by atoms with E-state index in [9.17, 15) is 4.79 Å². The van der Waals surface area contributed by atoms with Gasteiger partial charge in [0.15, 0.2) is 0 Å². The van der Waals surface area contributed by atoms with Crippen LogP contribution in [0.15, 0.2) is 24.3 Å². The average molecular weight is 291 g/mol. The van der Waals surface area contributed by atoms with Crippen LogP contribution in [0.25, 0.3) is 0 Å². The van der Waals surface area contributed by atoms with Crippen LogP contribution in [0.4, 0.5) is 10.5 Å². The highest BCUT2D eigenvalue weighted by Crippen LogP contribution is 2.18. The number of carbonyl (C=O) groups is 1. The molecule has 1 aromatic rings. The fourth-order valence-electron chi connectivity index (χ4n) is 2.56. The molecule has 4 N–H and O–H groups in total. The molecule has 2 unspecified atom stereocenters. The van der Waals surface area contributed by atoms with E-state index in [1.165, 1.54) is 37.7 Å². The summed E-state index contributed by atoms with van der Waals surface area (Å²) in [5.74, 6) is 0. The largest absolute Gasteiger partial charge is 0.351 e. The number of primary amides is 1. The normalized spacial score (nSPS) is 13.7. The Morgan fingerprint density at radius 1 is 1.14 bits per heavy atom. The highest BCUT2D eigenvalue weighted by atomic mass is 16.2. The number of anilines is 1. The number of urea groups is 1. The molecule has 0 saturated carbocycles. The van der Waals surface area contributed by atoms with Crippen LogP contribution in [0.1, 0.15) is 64.5 Å². The second-order valence-corrected chi connectivity index (χ2v) is 5.63. The smallest absolute Gasteiger partial charge is 0.316 e. The molecule has 0 aliphatic heterocycles. The lowest BCUT2D eigenvalue weighted by molar-refractivity contribution is 0.259. The van der Waals surface area contributed by atoms with Crippen molar-refractivity contribution in [3.63, 3.8) is 0 Å². The lowest BCUT2D eigenvalue weighted by atomic mass is 10.0. The maximum atomic E-state index is 10.8. The van der Waals surface area contributed by atoms with Crippen LogP contribution in [0.5, 0.6) is 0 Å². The number of amides is 2. The van der Waals surface area contributed by atoms with Crippen molar-refractivity contribution in [2.75, 3.05) is 5.32 Å². The summed E-state index contributed by atoms with van der Waals surface area (Å²) in [5.41, 5.74) is 7.06. The van der Waals surface area contributed by atoms with Crippen LogP contribution in [-0.2, 0) is 0 Å². The highest BCUT2D eigenvalue weighted by Gasteiger charge is 2.12. The van der Waals surface area contributed by atoms with E-state index in [2.05, 4.69) is 31.4 Å². The third-order valence-electron chi connectivity index (χ3n) is 3.71. The molecule has 1 aromatic carbocycles. The fourth-order valence-corrected chi connectivity index (χ4v) is 2.56. The van der Waals surface area contributed by atoms with Gasteiger partial charge >= 0.3 is 6.03 Å². The van der Waals surface area contributed by atoms with Gasteiger partial charge in [0.2, 0.25) is 0 Å². The lowest BCUT2D eigenvalue weighted by Gasteiger charge is -2.23. The van der Waals surface area contributed by atoms with E-state index in [0.717, 1.165) is 5.69 Å². The Hall–Kier alpha value is -1.55. The minimum Gasteiger partial charge on any atom is -0.351 e. The van der Waals surface area contributed by atoms with Gasteiger partial charge in [-0.3, -0.25) is 0 Å². The van der Waals surface area contributed by atoms with Crippen molar-refractivity contribution < 1.29 is 4.79 Å². The number of hydrogen-bond donors (Lipinski definition) is 3. The number of nitrogens with two attached hydrogens (primary N) is 1. The predicted molar refractivity (Wildman–Crippen MR) is 89.4 cm³/mol. The van der Waals surface area contributed by atoms with Gasteiger partial charge in [-0.2, -0.15) is 0 Å². The number of unbranched alkanes of at least 4 members (excludes halogenated alkanes) is 1. The molecular formula is C17H29N3O. The van der Waals surface area contributed by atoms with Gasteiger partial charge in [-0.1, -0.05) is 45.2 Å². The molecule has 4 heteroatoms. The molecule has 1 rings (SSSR count). The van der Waals surface area contributed by atoms with Crippen molar-refractivity contribution in [2.24, 2.45) is 5.73 Å². The van der Waals surface area contributed by atoms with Gasteiger partial charge in [-0.25, -0.2) is 4.79 Å². The summed E-state index contributed by atoms with van der Waals surface area (Å²) in [4.78, 5) is 10.8. The van der Waals surface area contributed by atoms with Crippen molar-refractivity contribution in [3.05, 3.63) is 29.8 Å². The standard InChI is InChI=1S/C17H29N3O/c1-4-6-8-15(7-5-2)19-13(3)14-9-11-16(12-10-14)20-17(18)21/h9-13,15,19H,4-8H2,1-3H3,(H3,18,20,21). The van der Waals surface area contributed by atoms with E-state index in [1.807, 2.05) is 24.3 Å². The van der Waals surface area contributed by atoms with Gasteiger partial charge in [0, 0.05) is 17.8 Å². The zero-order chi connectivity index (χ0) is 15.7. The summed E-state index contributed by atoms with van der Waals surface area (Å²) in [6, 6.07) is 8.20. The summed E-state index contributed by atoms with van der Waals surface area (Å²) in [7, 11) is 0. The first-order chi connectivity index (χ1) is 10.1. The Labute approximate surface area is 128 Å². The quantitative estimate of drug-likeness (QED) is 0.638. The predicted octanol–water partition coefficient (Wildman–Crippen LogP) is 4.19. The average Bonchev–Trinajstić information content (AvgIpc) is 2.45. The second-order valence-electron chi connectivity index (χ2n) is 5.63. The summed E-state index contributed by atoms with van der Waals surface area (Å²) < 4.78 is 0. The molecule has 0 fully saturated rings. The first kappa shape index (κ1) is 17.5. The van der Waals surface area contributed by atoms with Gasteiger partial charge < -0.3 is 16.4 Å². The molecular weight excluding hydrogens is 262 g/mol. The van der Waals surface area contributed by atoms with Crippen molar-refractivity contribution >= 4 is 11.7 Å². The van der Waals surface area contributed by atoms with Crippen molar-refractivity contribution in [1.82, 2.24) is 5.32 Å². The van der Waals surface area contributed by atoms with E-state index in [1.54, 1.807) is 0 Å². The van der Waals surface area contributed by atoms with Gasteiger partial charge in [0.25, 0.3) is 0 Å². The van der Waals surface area contributed by atoms with Gasteiger partial charge in [-0.15, -0.1) is 0 Å². The molecule has 21 heavy (non-hydrogen) atoms. The molecule has 118 valence electrons. The van der Waals surface area contributed by atoms with Crippen molar-refractivity contribution in [2.45, 2.75) is 65.0 Å². The van der Waals surface area contributed by atoms with Gasteiger partial charge in [0.05, 0.1) is 0 Å². The molecule has 4 nitrogen and oxygen atoms in total. The van der Waals surface area contributed by atoms with Crippen LogP contribution < -0.4 is 16.4 Å². The van der Waals surface area contributed by atoms with E-state index in [0.29, 0.717) is 12.1 Å². The number of benzene rings is 1. The summed E-state index contributed by atoms with van der Waals surface area (Å²) in [5, 5.41) is 6.30. The highest BCUT2D eigenvalue weighted by molar-refractivity contribution is 5.87. The molecule has 0 spiro atoms. The summed E-state index contributed by atoms with van der Waals surface area (Å²) >= 11 is 0.